The van der Waals surface area contributed by atoms with Crippen molar-refractivity contribution in [3.8, 4) is 5.75 Å². The number of para-hydroxylation sites is 2. The van der Waals surface area contributed by atoms with Gasteiger partial charge in [0.1, 0.15) is 12.3 Å². The Kier molecular flexibility index (Phi) is 6.87. The maximum absolute atomic E-state index is 13.3. The predicted molar refractivity (Wildman–Crippen MR) is 119 cm³/mol. The molecule has 30 heavy (non-hydrogen) atoms. The van der Waals surface area contributed by atoms with Gasteiger partial charge < -0.3 is 10.1 Å². The molecule has 0 bridgehead atoms. The lowest BCUT2D eigenvalue weighted by Gasteiger charge is -2.25. The molecule has 0 saturated carbocycles. The van der Waals surface area contributed by atoms with Gasteiger partial charge >= 0.3 is 0 Å². The van der Waals surface area contributed by atoms with Gasteiger partial charge in [0, 0.05) is 5.69 Å². The Labute approximate surface area is 185 Å². The first-order valence-corrected chi connectivity index (χ1v) is 11.0. The van der Waals surface area contributed by atoms with Crippen molar-refractivity contribution < 1.29 is 17.9 Å². The standard InChI is InChI=1S/C21H18Cl2N2O4S/c1-29-20-10-6-5-9-19(20)25(30(27,28)16-7-3-2-4-8-16)14-21(26)24-15-11-12-17(22)18(23)13-15/h2-13H,14H2,1H3,(H,24,26). The van der Waals surface area contributed by atoms with Crippen molar-refractivity contribution in [2.45, 2.75) is 4.90 Å². The van der Waals surface area contributed by atoms with E-state index in [1.165, 1.54) is 31.4 Å². The lowest BCUT2D eigenvalue weighted by molar-refractivity contribution is -0.114. The van der Waals surface area contributed by atoms with Crippen LogP contribution in [0.2, 0.25) is 10.0 Å². The van der Waals surface area contributed by atoms with E-state index in [2.05, 4.69) is 5.32 Å². The van der Waals surface area contributed by atoms with Gasteiger partial charge in [0.2, 0.25) is 5.91 Å². The van der Waals surface area contributed by atoms with Crippen molar-refractivity contribution in [3.63, 3.8) is 0 Å². The third-order valence-corrected chi connectivity index (χ3v) is 6.69. The molecule has 0 unspecified atom stereocenters. The highest BCUT2D eigenvalue weighted by Crippen LogP contribution is 2.32. The number of anilines is 2. The summed E-state index contributed by atoms with van der Waals surface area (Å²) in [7, 11) is -2.61. The minimum absolute atomic E-state index is 0.0539. The topological polar surface area (TPSA) is 75.7 Å². The van der Waals surface area contributed by atoms with Gasteiger partial charge in [-0.1, -0.05) is 53.5 Å². The SMILES string of the molecule is COc1ccccc1N(CC(=O)Nc1ccc(Cl)c(Cl)c1)S(=O)(=O)c1ccccc1. The summed E-state index contributed by atoms with van der Waals surface area (Å²) in [6.07, 6.45) is 0. The summed E-state index contributed by atoms with van der Waals surface area (Å²) < 4.78 is 33.0. The Morgan fingerprint density at radius 2 is 1.63 bits per heavy atom. The lowest BCUT2D eigenvalue weighted by atomic mass is 10.3. The van der Waals surface area contributed by atoms with Crippen molar-refractivity contribution >= 4 is 50.5 Å². The third-order valence-electron chi connectivity index (χ3n) is 4.18. The van der Waals surface area contributed by atoms with Crippen LogP contribution in [0.15, 0.2) is 77.7 Å². The Hall–Kier alpha value is -2.74. The molecule has 6 nitrogen and oxygen atoms in total. The second-order valence-electron chi connectivity index (χ2n) is 6.17. The molecule has 3 rings (SSSR count). The van der Waals surface area contributed by atoms with Crippen molar-refractivity contribution in [2.75, 3.05) is 23.3 Å². The first kappa shape index (κ1) is 22.0. The first-order valence-electron chi connectivity index (χ1n) is 8.78. The van der Waals surface area contributed by atoms with Crippen LogP contribution in [0.4, 0.5) is 11.4 Å². The maximum atomic E-state index is 13.3. The minimum atomic E-state index is -4.04. The van der Waals surface area contributed by atoms with E-state index in [1.807, 2.05) is 0 Å². The minimum Gasteiger partial charge on any atom is -0.495 e. The monoisotopic (exact) mass is 464 g/mol. The van der Waals surface area contributed by atoms with Crippen molar-refractivity contribution in [2.24, 2.45) is 0 Å². The van der Waals surface area contributed by atoms with Gasteiger partial charge in [-0.3, -0.25) is 9.10 Å². The highest BCUT2D eigenvalue weighted by atomic mass is 35.5. The molecule has 0 atom stereocenters. The van der Waals surface area contributed by atoms with Crippen LogP contribution in [0.3, 0.4) is 0 Å². The van der Waals surface area contributed by atoms with Crippen LogP contribution in [0, 0.1) is 0 Å². The van der Waals surface area contributed by atoms with E-state index in [4.69, 9.17) is 27.9 Å². The number of sulfonamides is 1. The Morgan fingerprint density at radius 1 is 0.967 bits per heavy atom. The summed E-state index contributed by atoms with van der Waals surface area (Å²) in [4.78, 5) is 12.8. The number of carbonyl (C=O) groups is 1. The van der Waals surface area contributed by atoms with Crippen LogP contribution in [-0.4, -0.2) is 28.0 Å². The van der Waals surface area contributed by atoms with Crippen LogP contribution in [0.1, 0.15) is 0 Å². The molecule has 0 saturated heterocycles. The van der Waals surface area contributed by atoms with Crippen molar-refractivity contribution in [1.29, 1.82) is 0 Å². The van der Waals surface area contributed by atoms with Crippen LogP contribution in [0.5, 0.6) is 5.75 Å². The predicted octanol–water partition coefficient (Wildman–Crippen LogP) is 4.84. The molecule has 3 aromatic carbocycles. The summed E-state index contributed by atoms with van der Waals surface area (Å²) in [5.41, 5.74) is 0.639. The van der Waals surface area contributed by atoms with Gasteiger partial charge in [0.25, 0.3) is 10.0 Å². The third kappa shape index (κ3) is 4.87. The molecule has 0 radical (unpaired) electrons. The van der Waals surface area contributed by atoms with Gasteiger partial charge in [0.05, 0.1) is 27.7 Å². The normalized spacial score (nSPS) is 11.0. The number of hydrogen-bond donors (Lipinski definition) is 1. The van der Waals surface area contributed by atoms with Crippen molar-refractivity contribution in [1.82, 2.24) is 0 Å². The van der Waals surface area contributed by atoms with Gasteiger partial charge in [-0.25, -0.2) is 8.42 Å². The van der Waals surface area contributed by atoms with E-state index < -0.39 is 22.5 Å². The molecular weight excluding hydrogens is 447 g/mol. The summed E-state index contributed by atoms with van der Waals surface area (Å²) in [6.45, 7) is -0.474. The zero-order valence-electron chi connectivity index (χ0n) is 15.9. The van der Waals surface area contributed by atoms with Crippen LogP contribution in [0.25, 0.3) is 0 Å². The van der Waals surface area contributed by atoms with E-state index in [9.17, 15) is 13.2 Å². The van der Waals surface area contributed by atoms with E-state index in [0.717, 1.165) is 4.31 Å². The summed E-state index contributed by atoms with van der Waals surface area (Å²) in [5, 5.41) is 3.26. The summed E-state index contributed by atoms with van der Waals surface area (Å²) >= 11 is 11.9. The fraction of sp³-hybridized carbons (Fsp3) is 0.0952. The van der Waals surface area contributed by atoms with E-state index in [0.29, 0.717) is 16.5 Å². The number of methoxy groups -OCH3 is 1. The Balaban J connectivity index is 1.97. The molecule has 0 aliphatic carbocycles. The molecule has 0 spiro atoms. The van der Waals surface area contributed by atoms with E-state index in [1.54, 1.807) is 48.5 Å². The second-order valence-corrected chi connectivity index (χ2v) is 8.85. The van der Waals surface area contributed by atoms with Gasteiger partial charge in [-0.15, -0.1) is 0 Å². The highest BCUT2D eigenvalue weighted by Gasteiger charge is 2.29. The molecule has 0 aliphatic rings. The molecule has 1 N–H and O–H groups in total. The quantitative estimate of drug-likeness (QED) is 0.542. The molecule has 3 aromatic rings. The number of ether oxygens (including phenoxy) is 1. The summed E-state index contributed by atoms with van der Waals surface area (Å²) in [6, 6.07) is 19.1. The average Bonchev–Trinajstić information content (AvgIpc) is 2.75. The molecule has 0 aliphatic heterocycles. The van der Waals surface area contributed by atoms with Crippen LogP contribution in [-0.2, 0) is 14.8 Å². The largest absolute Gasteiger partial charge is 0.495 e. The molecule has 1 amide bonds. The maximum Gasteiger partial charge on any atom is 0.264 e. The zero-order chi connectivity index (χ0) is 21.7. The fourth-order valence-electron chi connectivity index (χ4n) is 2.76. The van der Waals surface area contributed by atoms with Gasteiger partial charge in [-0.05, 0) is 42.5 Å². The highest BCUT2D eigenvalue weighted by molar-refractivity contribution is 7.92. The lowest BCUT2D eigenvalue weighted by Crippen LogP contribution is -2.38. The fourth-order valence-corrected chi connectivity index (χ4v) is 4.51. The number of carbonyl (C=O) groups excluding carboxylic acids is 1. The molecule has 156 valence electrons. The van der Waals surface area contributed by atoms with E-state index >= 15 is 0 Å². The van der Waals surface area contributed by atoms with Crippen LogP contribution < -0.4 is 14.4 Å². The summed E-state index contributed by atoms with van der Waals surface area (Å²) in [5.74, 6) is -0.238. The number of halogens is 2. The van der Waals surface area contributed by atoms with Gasteiger partial charge in [-0.2, -0.15) is 0 Å². The van der Waals surface area contributed by atoms with Gasteiger partial charge in [0.15, 0.2) is 0 Å². The number of rotatable bonds is 7. The molecule has 0 aromatic heterocycles. The zero-order valence-corrected chi connectivity index (χ0v) is 18.2. The van der Waals surface area contributed by atoms with E-state index in [-0.39, 0.29) is 15.6 Å². The number of benzene rings is 3. The smallest absolute Gasteiger partial charge is 0.264 e. The number of hydrogen-bond acceptors (Lipinski definition) is 4. The number of nitrogens with zero attached hydrogens (tertiary/aromatic N) is 1. The average molecular weight is 465 g/mol. The molecule has 0 heterocycles. The van der Waals surface area contributed by atoms with Crippen LogP contribution >= 0.6 is 23.2 Å². The molecular formula is C21H18Cl2N2O4S. The van der Waals surface area contributed by atoms with Crippen molar-refractivity contribution in [3.05, 3.63) is 82.8 Å². The number of nitrogens with one attached hydrogen (secondary N) is 1. The Bertz CT molecular complexity index is 1150. The number of amides is 1. The molecule has 0 fully saturated rings. The first-order chi connectivity index (χ1) is 14.3. The Morgan fingerprint density at radius 3 is 2.30 bits per heavy atom. The molecule has 9 heteroatoms. The second kappa shape index (κ2) is 9.38.